The van der Waals surface area contributed by atoms with Gasteiger partial charge in [-0.1, -0.05) is 26.0 Å². The fourth-order valence-corrected chi connectivity index (χ4v) is 2.43. The lowest BCUT2D eigenvalue weighted by molar-refractivity contribution is -0.247. The van der Waals surface area contributed by atoms with Crippen LogP contribution in [0.3, 0.4) is 0 Å². The van der Waals surface area contributed by atoms with Crippen LogP contribution in [0.1, 0.15) is 32.6 Å². The Morgan fingerprint density at radius 3 is 2.55 bits per heavy atom. The molecule has 1 saturated heterocycles. The third kappa shape index (κ3) is 3.19. The topological polar surface area (TPSA) is 44.8 Å². The van der Waals surface area contributed by atoms with Gasteiger partial charge in [0.2, 0.25) is 0 Å². The van der Waals surface area contributed by atoms with Gasteiger partial charge in [0.15, 0.2) is 6.29 Å². The Labute approximate surface area is 120 Å². The van der Waals surface area contributed by atoms with Crippen molar-refractivity contribution in [1.82, 2.24) is 0 Å². The number of hydrogen-bond donors (Lipinski definition) is 0. The molecule has 1 aromatic carbocycles. The Balaban J connectivity index is 2.11. The first kappa shape index (κ1) is 15.0. The van der Waals surface area contributed by atoms with E-state index >= 15 is 0 Å². The number of ketones is 1. The minimum Gasteiger partial charge on any atom is -0.497 e. The molecule has 0 spiro atoms. The van der Waals surface area contributed by atoms with Crippen molar-refractivity contribution in [3.05, 3.63) is 29.8 Å². The summed E-state index contributed by atoms with van der Waals surface area (Å²) in [6.45, 7) is 6.17. The number of hydrogen-bond acceptors (Lipinski definition) is 4. The molecule has 110 valence electrons. The summed E-state index contributed by atoms with van der Waals surface area (Å²) in [5.74, 6) is 1.04. The smallest absolute Gasteiger partial charge is 0.184 e. The van der Waals surface area contributed by atoms with Gasteiger partial charge < -0.3 is 14.2 Å². The van der Waals surface area contributed by atoms with Crippen molar-refractivity contribution in [2.45, 2.75) is 33.2 Å². The van der Waals surface area contributed by atoms with E-state index in [4.69, 9.17) is 14.2 Å². The van der Waals surface area contributed by atoms with Crippen LogP contribution in [-0.4, -0.2) is 25.6 Å². The second-order valence-corrected chi connectivity index (χ2v) is 5.42. The summed E-state index contributed by atoms with van der Waals surface area (Å²) in [7, 11) is 1.63. The van der Waals surface area contributed by atoms with E-state index in [-0.39, 0.29) is 23.7 Å². The summed E-state index contributed by atoms with van der Waals surface area (Å²) in [4.78, 5) is 11.6. The molecule has 0 aliphatic carbocycles. The first-order chi connectivity index (χ1) is 9.52. The lowest BCUT2D eigenvalue weighted by Crippen LogP contribution is -2.41. The van der Waals surface area contributed by atoms with Crippen molar-refractivity contribution < 1.29 is 19.0 Å². The zero-order chi connectivity index (χ0) is 14.7. The third-order valence-electron chi connectivity index (χ3n) is 3.87. The fourth-order valence-electron chi connectivity index (χ4n) is 2.43. The van der Waals surface area contributed by atoms with Crippen molar-refractivity contribution in [3.8, 4) is 5.75 Å². The highest BCUT2D eigenvalue weighted by molar-refractivity contribution is 5.78. The molecule has 0 N–H and O–H groups in total. The van der Waals surface area contributed by atoms with Crippen molar-refractivity contribution in [1.29, 1.82) is 0 Å². The Bertz CT molecular complexity index is 454. The standard InChI is InChI=1S/C16H22O4/c1-10-9-19-16(20-15(10)11(2)12(3)17)13-5-7-14(18-4)8-6-13/h5-8,10-11,15-16H,9H2,1-4H3/t10-,11+,15+,16+/m1/s1. The average molecular weight is 278 g/mol. The summed E-state index contributed by atoms with van der Waals surface area (Å²) in [5.41, 5.74) is 0.943. The highest BCUT2D eigenvalue weighted by Crippen LogP contribution is 2.33. The Morgan fingerprint density at radius 2 is 2.00 bits per heavy atom. The van der Waals surface area contributed by atoms with Crippen LogP contribution in [0.25, 0.3) is 0 Å². The third-order valence-corrected chi connectivity index (χ3v) is 3.87. The zero-order valence-corrected chi connectivity index (χ0v) is 12.5. The number of carbonyl (C=O) groups is 1. The fraction of sp³-hybridized carbons (Fsp3) is 0.562. The number of ether oxygens (including phenoxy) is 3. The van der Waals surface area contributed by atoms with Crippen molar-refractivity contribution >= 4 is 5.78 Å². The summed E-state index contributed by atoms with van der Waals surface area (Å²) in [5, 5.41) is 0. The largest absolute Gasteiger partial charge is 0.497 e. The first-order valence-electron chi connectivity index (χ1n) is 6.94. The zero-order valence-electron chi connectivity index (χ0n) is 12.5. The SMILES string of the molecule is COc1ccc([C@H]2OC[C@@H](C)[C@@H]([C@@H](C)C(C)=O)O2)cc1. The van der Waals surface area contributed by atoms with Crippen LogP contribution in [0.5, 0.6) is 5.75 Å². The molecule has 1 fully saturated rings. The van der Waals surface area contributed by atoms with Crippen LogP contribution in [0.2, 0.25) is 0 Å². The van der Waals surface area contributed by atoms with E-state index in [0.29, 0.717) is 6.61 Å². The highest BCUT2D eigenvalue weighted by Gasteiger charge is 2.35. The van der Waals surface area contributed by atoms with E-state index in [2.05, 4.69) is 0 Å². The van der Waals surface area contributed by atoms with Crippen LogP contribution >= 0.6 is 0 Å². The molecule has 4 nitrogen and oxygen atoms in total. The monoisotopic (exact) mass is 278 g/mol. The Morgan fingerprint density at radius 1 is 1.35 bits per heavy atom. The Kier molecular flexibility index (Phi) is 4.78. The van der Waals surface area contributed by atoms with E-state index in [1.807, 2.05) is 38.1 Å². The van der Waals surface area contributed by atoms with Gasteiger partial charge >= 0.3 is 0 Å². The number of rotatable bonds is 4. The van der Waals surface area contributed by atoms with E-state index in [1.165, 1.54) is 0 Å². The molecule has 1 aliphatic heterocycles. The maximum absolute atomic E-state index is 11.6. The normalized spacial score (nSPS) is 27.9. The molecule has 4 atom stereocenters. The van der Waals surface area contributed by atoms with Gasteiger partial charge in [0, 0.05) is 17.4 Å². The van der Waals surface area contributed by atoms with Crippen LogP contribution in [0, 0.1) is 11.8 Å². The van der Waals surface area contributed by atoms with Gasteiger partial charge in [-0.3, -0.25) is 4.79 Å². The van der Waals surface area contributed by atoms with Gasteiger partial charge in [-0.2, -0.15) is 0 Å². The molecule has 2 rings (SSSR count). The van der Waals surface area contributed by atoms with Crippen molar-refractivity contribution in [2.24, 2.45) is 11.8 Å². The second kappa shape index (κ2) is 6.37. The molecule has 1 aliphatic rings. The number of methoxy groups -OCH3 is 1. The van der Waals surface area contributed by atoms with Gasteiger partial charge in [0.05, 0.1) is 19.8 Å². The molecule has 4 heteroatoms. The molecule has 20 heavy (non-hydrogen) atoms. The summed E-state index contributed by atoms with van der Waals surface area (Å²) < 4.78 is 16.9. The highest BCUT2D eigenvalue weighted by atomic mass is 16.7. The van der Waals surface area contributed by atoms with Crippen LogP contribution in [0.15, 0.2) is 24.3 Å². The van der Waals surface area contributed by atoms with Crippen molar-refractivity contribution in [3.63, 3.8) is 0 Å². The second-order valence-electron chi connectivity index (χ2n) is 5.42. The molecule has 0 saturated carbocycles. The molecule has 0 amide bonds. The quantitative estimate of drug-likeness (QED) is 0.849. The molecule has 0 unspecified atom stereocenters. The average Bonchev–Trinajstić information content (AvgIpc) is 2.47. The predicted molar refractivity (Wildman–Crippen MR) is 75.6 cm³/mol. The summed E-state index contributed by atoms with van der Waals surface area (Å²) >= 11 is 0. The summed E-state index contributed by atoms with van der Waals surface area (Å²) in [6, 6.07) is 7.61. The summed E-state index contributed by atoms with van der Waals surface area (Å²) in [6.07, 6.45) is -0.516. The number of benzene rings is 1. The van der Waals surface area contributed by atoms with E-state index in [9.17, 15) is 4.79 Å². The maximum atomic E-state index is 11.6. The van der Waals surface area contributed by atoms with Gasteiger partial charge in [0.25, 0.3) is 0 Å². The van der Waals surface area contributed by atoms with Crippen molar-refractivity contribution in [2.75, 3.05) is 13.7 Å². The molecule has 0 aromatic heterocycles. The number of Topliss-reactive ketones (excluding diaryl/α,β-unsaturated/α-hetero) is 1. The van der Waals surface area contributed by atoms with Crippen LogP contribution < -0.4 is 4.74 Å². The first-order valence-corrected chi connectivity index (χ1v) is 6.94. The van der Waals surface area contributed by atoms with Gasteiger partial charge in [0.1, 0.15) is 11.5 Å². The van der Waals surface area contributed by atoms with E-state index in [1.54, 1.807) is 14.0 Å². The van der Waals surface area contributed by atoms with Gasteiger partial charge in [-0.15, -0.1) is 0 Å². The van der Waals surface area contributed by atoms with E-state index in [0.717, 1.165) is 11.3 Å². The molecule has 1 heterocycles. The van der Waals surface area contributed by atoms with Gasteiger partial charge in [-0.25, -0.2) is 0 Å². The lowest BCUT2D eigenvalue weighted by atomic mass is 9.90. The molecular weight excluding hydrogens is 256 g/mol. The molecule has 0 bridgehead atoms. The lowest BCUT2D eigenvalue weighted by Gasteiger charge is -2.37. The maximum Gasteiger partial charge on any atom is 0.184 e. The molecular formula is C16H22O4. The van der Waals surface area contributed by atoms with Gasteiger partial charge in [-0.05, 0) is 19.1 Å². The molecule has 1 aromatic rings. The minimum atomic E-state index is -0.413. The number of carbonyl (C=O) groups excluding carboxylic acids is 1. The van der Waals surface area contributed by atoms with Crippen LogP contribution in [0.4, 0.5) is 0 Å². The molecule has 0 radical (unpaired) electrons. The minimum absolute atomic E-state index is 0.103. The van der Waals surface area contributed by atoms with Crippen LogP contribution in [-0.2, 0) is 14.3 Å². The Hall–Kier alpha value is -1.39. The predicted octanol–water partition coefficient (Wildman–Crippen LogP) is 2.97. The van der Waals surface area contributed by atoms with E-state index < -0.39 is 6.29 Å².